The van der Waals surface area contributed by atoms with Crippen LogP contribution in [0.1, 0.15) is 23.0 Å². The number of hydrogen-bond donors (Lipinski definition) is 2. The Morgan fingerprint density at radius 1 is 1.24 bits per heavy atom. The Kier molecular flexibility index (Phi) is 6.80. The van der Waals surface area contributed by atoms with Crippen LogP contribution in [0.25, 0.3) is 16.6 Å². The van der Waals surface area contributed by atoms with Crippen LogP contribution in [-0.2, 0) is 20.8 Å². The molecule has 6 rings (SSSR count). The number of halogens is 4. The number of benzene rings is 1. The summed E-state index contributed by atoms with van der Waals surface area (Å²) in [4.78, 5) is 30.9. The Labute approximate surface area is 236 Å². The van der Waals surface area contributed by atoms with E-state index >= 15 is 0 Å². The van der Waals surface area contributed by atoms with Crippen LogP contribution in [0.2, 0.25) is 0 Å². The minimum atomic E-state index is -5.15. The van der Waals surface area contributed by atoms with Crippen molar-refractivity contribution in [3.8, 4) is 0 Å². The van der Waals surface area contributed by atoms with Crippen LogP contribution in [0, 0.1) is 18.2 Å². The van der Waals surface area contributed by atoms with E-state index < -0.39 is 30.1 Å². The number of imidazole rings is 1. The van der Waals surface area contributed by atoms with Gasteiger partial charge in [-0.3, -0.25) is 9.48 Å². The zero-order chi connectivity index (χ0) is 29.8. The van der Waals surface area contributed by atoms with Gasteiger partial charge in [0.1, 0.15) is 5.52 Å². The van der Waals surface area contributed by atoms with Crippen molar-refractivity contribution in [2.24, 2.45) is 5.41 Å². The second-order valence-electron chi connectivity index (χ2n) is 10.9. The van der Waals surface area contributed by atoms with Crippen LogP contribution in [-0.4, -0.2) is 76.3 Å². The van der Waals surface area contributed by atoms with Gasteiger partial charge in [0.05, 0.1) is 48.9 Å². The number of aryl methyl sites for hydroxylation is 1. The van der Waals surface area contributed by atoms with E-state index in [0.717, 1.165) is 0 Å². The van der Waals surface area contributed by atoms with Crippen molar-refractivity contribution in [3.05, 3.63) is 53.9 Å². The maximum atomic E-state index is 14.6. The molecule has 0 aliphatic carbocycles. The third kappa shape index (κ3) is 5.25. The number of rotatable bonds is 6. The van der Waals surface area contributed by atoms with Crippen molar-refractivity contribution >= 4 is 39.8 Å². The average molecular weight is 590 g/mol. The van der Waals surface area contributed by atoms with Crippen LogP contribution in [0.5, 0.6) is 0 Å². The fraction of sp³-hybridized carbons (Fsp3) is 0.407. The van der Waals surface area contributed by atoms with E-state index in [-0.39, 0.29) is 40.9 Å². The first-order valence-electron chi connectivity index (χ1n) is 13.2. The number of hydrogen-bond acceptors (Lipinski definition) is 8. The molecule has 1 atom stereocenters. The molecule has 222 valence electrons. The minimum Gasteiger partial charge on any atom is -0.433 e. The summed E-state index contributed by atoms with van der Waals surface area (Å²) in [6.45, 7) is 5.91. The number of carbonyl (C=O) groups excluding carboxylic acids is 2. The molecule has 3 aromatic heterocycles. The fourth-order valence-corrected chi connectivity index (χ4v) is 5.28. The van der Waals surface area contributed by atoms with Crippen molar-refractivity contribution < 1.29 is 36.6 Å². The Morgan fingerprint density at radius 3 is 2.74 bits per heavy atom. The van der Waals surface area contributed by atoms with E-state index in [4.69, 9.17) is 9.47 Å². The molecule has 4 aromatic rings. The van der Waals surface area contributed by atoms with Gasteiger partial charge in [0.2, 0.25) is 0 Å². The van der Waals surface area contributed by atoms with E-state index in [2.05, 4.69) is 20.7 Å². The highest BCUT2D eigenvalue weighted by Gasteiger charge is 2.44. The van der Waals surface area contributed by atoms with Crippen LogP contribution in [0.15, 0.2) is 36.8 Å². The van der Waals surface area contributed by atoms with Crippen molar-refractivity contribution in [3.63, 3.8) is 0 Å². The number of fused-ring (bicyclic) bond motifs is 2. The molecule has 15 heteroatoms. The number of piperazine rings is 1. The van der Waals surface area contributed by atoms with Gasteiger partial charge < -0.3 is 29.4 Å². The second kappa shape index (κ2) is 10.2. The summed E-state index contributed by atoms with van der Waals surface area (Å²) < 4.78 is 67.0. The predicted molar refractivity (Wildman–Crippen MR) is 143 cm³/mol. The molecule has 0 saturated carbocycles. The van der Waals surface area contributed by atoms with Gasteiger partial charge in [0.15, 0.2) is 17.7 Å². The van der Waals surface area contributed by atoms with Gasteiger partial charge in [0.25, 0.3) is 5.91 Å². The zero-order valence-corrected chi connectivity index (χ0v) is 22.7. The lowest BCUT2D eigenvalue weighted by atomic mass is 9.89. The first-order chi connectivity index (χ1) is 19.9. The molecule has 2 saturated heterocycles. The Morgan fingerprint density at radius 2 is 2.02 bits per heavy atom. The smallest absolute Gasteiger partial charge is 0.433 e. The standard InChI is InChI=1S/C27H27F4N7O4/c1-15-9-36-10-16(7-19(28)23(36)33-15)34-24(39)17-3-4-20(18-11-37(35-22(17)18)12-26(2)13-41-14-26)38-6-5-32-8-21(38)42-25(40)27(29,30)31/h3-4,7,9-11,21,32H,5-6,8,12-14H2,1-2H3,(H,34,39). The van der Waals surface area contributed by atoms with Crippen molar-refractivity contribution in [2.75, 3.05) is 43.1 Å². The van der Waals surface area contributed by atoms with Gasteiger partial charge in [-0.15, -0.1) is 0 Å². The molecule has 0 spiro atoms. The molecular formula is C27H27F4N7O4. The largest absolute Gasteiger partial charge is 0.491 e. The fourth-order valence-electron chi connectivity index (χ4n) is 5.28. The first kappa shape index (κ1) is 27.9. The van der Waals surface area contributed by atoms with E-state index in [0.29, 0.717) is 43.1 Å². The van der Waals surface area contributed by atoms with Gasteiger partial charge >= 0.3 is 12.1 Å². The average Bonchev–Trinajstić information content (AvgIpc) is 3.50. The molecule has 1 amide bonds. The Bertz CT molecular complexity index is 1700. The summed E-state index contributed by atoms with van der Waals surface area (Å²) in [5.74, 6) is -3.47. The Hall–Kier alpha value is -4.24. The number of nitrogens with one attached hydrogen (secondary N) is 2. The molecular weight excluding hydrogens is 562 g/mol. The lowest BCUT2D eigenvalue weighted by Crippen LogP contribution is -2.54. The van der Waals surface area contributed by atoms with Gasteiger partial charge in [-0.2, -0.15) is 18.3 Å². The molecule has 42 heavy (non-hydrogen) atoms. The molecule has 0 bridgehead atoms. The summed E-state index contributed by atoms with van der Waals surface area (Å²) in [7, 11) is 0. The quantitative estimate of drug-likeness (QED) is 0.260. The number of amides is 1. The number of nitrogens with zero attached hydrogens (tertiary/aromatic N) is 5. The molecule has 11 nitrogen and oxygen atoms in total. The van der Waals surface area contributed by atoms with Crippen molar-refractivity contribution in [2.45, 2.75) is 32.8 Å². The van der Waals surface area contributed by atoms with Crippen molar-refractivity contribution in [1.29, 1.82) is 0 Å². The zero-order valence-electron chi connectivity index (χ0n) is 22.7. The predicted octanol–water partition coefficient (Wildman–Crippen LogP) is 3.26. The lowest BCUT2D eigenvalue weighted by molar-refractivity contribution is -0.205. The molecule has 5 heterocycles. The number of esters is 1. The first-order valence-corrected chi connectivity index (χ1v) is 13.2. The summed E-state index contributed by atoms with van der Waals surface area (Å²) in [5.41, 5.74) is 1.65. The molecule has 2 N–H and O–H groups in total. The summed E-state index contributed by atoms with van der Waals surface area (Å²) in [6.07, 6.45) is -1.51. The van der Waals surface area contributed by atoms with Gasteiger partial charge in [-0.25, -0.2) is 14.2 Å². The topological polar surface area (TPSA) is 115 Å². The maximum absolute atomic E-state index is 14.6. The second-order valence-corrected chi connectivity index (χ2v) is 10.9. The Balaban J connectivity index is 1.37. The van der Waals surface area contributed by atoms with Crippen LogP contribution >= 0.6 is 0 Å². The van der Waals surface area contributed by atoms with E-state index in [1.165, 1.54) is 22.7 Å². The number of anilines is 2. The van der Waals surface area contributed by atoms with Crippen LogP contribution in [0.4, 0.5) is 28.9 Å². The summed E-state index contributed by atoms with van der Waals surface area (Å²) in [6, 6.07) is 4.25. The number of carbonyl (C=O) groups is 2. The molecule has 1 aromatic carbocycles. The minimum absolute atomic E-state index is 0.0309. The summed E-state index contributed by atoms with van der Waals surface area (Å²) >= 11 is 0. The monoisotopic (exact) mass is 589 g/mol. The third-order valence-electron chi connectivity index (χ3n) is 7.25. The van der Waals surface area contributed by atoms with Gasteiger partial charge in [-0.1, -0.05) is 6.92 Å². The highest BCUT2D eigenvalue weighted by Crippen LogP contribution is 2.34. The number of alkyl halides is 3. The normalized spacial score (nSPS) is 18.7. The van der Waals surface area contributed by atoms with E-state index in [1.807, 2.05) is 6.92 Å². The van der Waals surface area contributed by atoms with E-state index in [1.54, 1.807) is 35.0 Å². The van der Waals surface area contributed by atoms with E-state index in [9.17, 15) is 27.2 Å². The molecule has 2 aliphatic heterocycles. The molecule has 0 radical (unpaired) electrons. The number of ether oxygens (including phenoxy) is 2. The molecule has 2 fully saturated rings. The number of aromatic nitrogens is 4. The highest BCUT2D eigenvalue weighted by atomic mass is 19.4. The lowest BCUT2D eigenvalue weighted by Gasteiger charge is -2.38. The molecule has 1 unspecified atom stereocenters. The van der Waals surface area contributed by atoms with Gasteiger partial charge in [0, 0.05) is 48.5 Å². The van der Waals surface area contributed by atoms with Gasteiger partial charge in [-0.05, 0) is 19.1 Å². The third-order valence-corrected chi connectivity index (χ3v) is 7.25. The summed E-state index contributed by atoms with van der Waals surface area (Å²) in [5, 5.41) is 10.8. The highest BCUT2D eigenvalue weighted by molar-refractivity contribution is 6.14. The molecule has 2 aliphatic rings. The number of pyridine rings is 1. The van der Waals surface area contributed by atoms with Crippen LogP contribution in [0.3, 0.4) is 0 Å². The SMILES string of the molecule is Cc1cn2cc(NC(=O)c3ccc(N4CCNCC4OC(=O)C(F)(F)F)c4cn(CC5(C)COC5)nc34)cc(F)c2n1. The maximum Gasteiger partial charge on any atom is 0.491 e. The van der Waals surface area contributed by atoms with Crippen LogP contribution < -0.4 is 15.5 Å². The van der Waals surface area contributed by atoms with Crippen molar-refractivity contribution in [1.82, 2.24) is 24.5 Å².